The van der Waals surface area contributed by atoms with Crippen molar-refractivity contribution in [2.75, 3.05) is 0 Å². The molecule has 0 aliphatic rings. The van der Waals surface area contributed by atoms with Crippen LogP contribution in [0.15, 0.2) is 59.9 Å². The molecule has 24 heavy (non-hydrogen) atoms. The predicted molar refractivity (Wildman–Crippen MR) is 89.8 cm³/mol. The highest BCUT2D eigenvalue weighted by Gasteiger charge is 2.13. The number of nitrogens with zero attached hydrogens (tertiary/aromatic N) is 6. The van der Waals surface area contributed by atoms with E-state index in [0.29, 0.717) is 16.1 Å². The lowest BCUT2D eigenvalue weighted by molar-refractivity contribution is 0.0998. The minimum absolute atomic E-state index is 0.330. The van der Waals surface area contributed by atoms with Crippen LogP contribution in [0.3, 0.4) is 0 Å². The van der Waals surface area contributed by atoms with Gasteiger partial charge in [0.15, 0.2) is 4.80 Å². The summed E-state index contributed by atoms with van der Waals surface area (Å²) in [6, 6.07) is 15.1. The van der Waals surface area contributed by atoms with Crippen LogP contribution < -0.4 is 4.80 Å². The molecule has 8 heteroatoms. The smallest absolute Gasteiger partial charge is 0.281 e. The minimum Gasteiger partial charge on any atom is -0.319 e. The lowest BCUT2D eigenvalue weighted by Crippen LogP contribution is -2.14. The largest absolute Gasteiger partial charge is 0.319 e. The normalized spacial score (nSPS) is 12.0. The van der Waals surface area contributed by atoms with Gasteiger partial charge in [-0.3, -0.25) is 4.79 Å². The third-order valence-corrected chi connectivity index (χ3v) is 4.76. The Balaban J connectivity index is 1.84. The van der Waals surface area contributed by atoms with E-state index in [1.165, 1.54) is 22.3 Å². The number of aromatic nitrogens is 5. The van der Waals surface area contributed by atoms with Crippen molar-refractivity contribution in [1.82, 2.24) is 24.8 Å². The average Bonchev–Trinajstić information content (AvgIpc) is 3.24. The average molecular weight is 336 g/mol. The van der Waals surface area contributed by atoms with Gasteiger partial charge in [0, 0.05) is 7.05 Å². The molecule has 2 aromatic heterocycles. The molecule has 118 valence electrons. The van der Waals surface area contributed by atoms with Gasteiger partial charge in [0.1, 0.15) is 6.33 Å². The molecule has 0 fully saturated rings. The molecule has 0 unspecified atom stereocenters. The maximum absolute atomic E-state index is 12.7. The highest BCUT2D eigenvalue weighted by Crippen LogP contribution is 2.17. The number of aryl methyl sites for hydroxylation is 1. The Hall–Kier alpha value is -3.13. The SMILES string of the molecule is Cn1c(=NC(=O)c2ccccc2-n2cnnn2)sc2ccccc21. The number of hydrogen-bond acceptors (Lipinski definition) is 5. The molecule has 0 radical (unpaired) electrons. The quantitative estimate of drug-likeness (QED) is 0.560. The van der Waals surface area contributed by atoms with Crippen molar-refractivity contribution in [2.24, 2.45) is 12.0 Å². The van der Waals surface area contributed by atoms with Crippen molar-refractivity contribution in [3.63, 3.8) is 0 Å². The molecule has 4 aromatic rings. The first-order chi connectivity index (χ1) is 11.7. The Labute approximate surface area is 140 Å². The van der Waals surface area contributed by atoms with Crippen LogP contribution in [-0.2, 0) is 7.05 Å². The number of rotatable bonds is 2. The van der Waals surface area contributed by atoms with E-state index in [1.54, 1.807) is 18.2 Å². The number of hydrogen-bond donors (Lipinski definition) is 0. The Morgan fingerprint density at radius 1 is 1.12 bits per heavy atom. The second-order valence-electron chi connectivity index (χ2n) is 5.10. The van der Waals surface area contributed by atoms with Crippen molar-refractivity contribution in [3.05, 3.63) is 65.2 Å². The second kappa shape index (κ2) is 5.82. The third kappa shape index (κ3) is 2.42. The Morgan fingerprint density at radius 3 is 2.71 bits per heavy atom. The topological polar surface area (TPSA) is 78.0 Å². The molecular formula is C16H12N6OS. The van der Waals surface area contributed by atoms with E-state index in [1.807, 2.05) is 41.9 Å². The number of amides is 1. The summed E-state index contributed by atoms with van der Waals surface area (Å²) in [7, 11) is 1.90. The number of thiazole rings is 1. The highest BCUT2D eigenvalue weighted by molar-refractivity contribution is 7.16. The predicted octanol–water partition coefficient (Wildman–Crippen LogP) is 1.96. The number of fused-ring (bicyclic) bond motifs is 1. The van der Waals surface area contributed by atoms with Gasteiger partial charge in [-0.15, -0.1) is 5.10 Å². The minimum atomic E-state index is -0.330. The summed E-state index contributed by atoms with van der Waals surface area (Å²) in [6.45, 7) is 0. The summed E-state index contributed by atoms with van der Waals surface area (Å²) in [5.41, 5.74) is 2.09. The molecule has 0 atom stereocenters. The van der Waals surface area contributed by atoms with Gasteiger partial charge in [0.05, 0.1) is 21.5 Å². The van der Waals surface area contributed by atoms with Gasteiger partial charge in [-0.25, -0.2) is 0 Å². The maximum atomic E-state index is 12.7. The molecule has 0 saturated heterocycles. The lowest BCUT2D eigenvalue weighted by Gasteiger charge is -2.04. The molecule has 2 heterocycles. The molecule has 0 aliphatic carbocycles. The fraction of sp³-hybridized carbons (Fsp3) is 0.0625. The van der Waals surface area contributed by atoms with E-state index in [9.17, 15) is 4.79 Å². The first-order valence-electron chi connectivity index (χ1n) is 7.20. The zero-order chi connectivity index (χ0) is 16.5. The fourth-order valence-corrected chi connectivity index (χ4v) is 3.48. The maximum Gasteiger partial charge on any atom is 0.281 e. The number of para-hydroxylation sites is 2. The summed E-state index contributed by atoms with van der Waals surface area (Å²) < 4.78 is 4.45. The van der Waals surface area contributed by atoms with Crippen molar-refractivity contribution in [2.45, 2.75) is 0 Å². The summed E-state index contributed by atoms with van der Waals surface area (Å²) >= 11 is 1.48. The van der Waals surface area contributed by atoms with E-state index in [2.05, 4.69) is 20.5 Å². The molecule has 0 bridgehead atoms. The van der Waals surface area contributed by atoms with Crippen molar-refractivity contribution in [1.29, 1.82) is 0 Å². The van der Waals surface area contributed by atoms with Gasteiger partial charge >= 0.3 is 0 Å². The van der Waals surface area contributed by atoms with Gasteiger partial charge in [0.2, 0.25) is 0 Å². The fourth-order valence-electron chi connectivity index (χ4n) is 2.46. The van der Waals surface area contributed by atoms with E-state index in [4.69, 9.17) is 0 Å². The number of tetrazole rings is 1. The molecule has 4 rings (SSSR count). The van der Waals surface area contributed by atoms with Gasteiger partial charge in [-0.05, 0) is 34.7 Å². The van der Waals surface area contributed by atoms with E-state index in [-0.39, 0.29) is 5.91 Å². The van der Waals surface area contributed by atoms with Crippen molar-refractivity contribution in [3.8, 4) is 5.69 Å². The summed E-state index contributed by atoms with van der Waals surface area (Å²) in [5.74, 6) is -0.330. The van der Waals surface area contributed by atoms with Gasteiger partial charge < -0.3 is 4.57 Å². The van der Waals surface area contributed by atoms with Crippen LogP contribution in [0, 0.1) is 0 Å². The van der Waals surface area contributed by atoms with Crippen LogP contribution in [0.4, 0.5) is 0 Å². The molecule has 1 amide bonds. The zero-order valence-corrected chi connectivity index (χ0v) is 13.5. The number of benzene rings is 2. The molecule has 0 N–H and O–H groups in total. The van der Waals surface area contributed by atoms with Gasteiger partial charge in [-0.2, -0.15) is 9.67 Å². The standard InChI is InChI=1S/C16H12N6OS/c1-21-13-8-4-5-9-14(13)24-16(21)18-15(23)11-6-2-3-7-12(11)22-10-17-19-20-22/h2-10H,1H3. The summed E-state index contributed by atoms with van der Waals surface area (Å²) in [6.07, 6.45) is 1.45. The monoisotopic (exact) mass is 336 g/mol. The Morgan fingerprint density at radius 2 is 1.92 bits per heavy atom. The van der Waals surface area contributed by atoms with Crippen LogP contribution in [0.5, 0.6) is 0 Å². The van der Waals surface area contributed by atoms with Crippen LogP contribution in [0.1, 0.15) is 10.4 Å². The second-order valence-corrected chi connectivity index (χ2v) is 6.11. The van der Waals surface area contributed by atoms with Crippen LogP contribution in [0.2, 0.25) is 0 Å². The molecule has 0 spiro atoms. The van der Waals surface area contributed by atoms with Gasteiger partial charge in [-0.1, -0.05) is 35.6 Å². The van der Waals surface area contributed by atoms with Crippen molar-refractivity contribution < 1.29 is 4.79 Å². The number of carbonyl (C=O) groups is 1. The summed E-state index contributed by atoms with van der Waals surface area (Å²) in [5, 5.41) is 11.1. The van der Waals surface area contributed by atoms with Crippen molar-refractivity contribution >= 4 is 27.5 Å². The van der Waals surface area contributed by atoms with Gasteiger partial charge in [0.25, 0.3) is 5.91 Å². The molecule has 7 nitrogen and oxygen atoms in total. The molecular weight excluding hydrogens is 324 g/mol. The number of carbonyl (C=O) groups excluding carboxylic acids is 1. The first-order valence-corrected chi connectivity index (χ1v) is 8.02. The summed E-state index contributed by atoms with van der Waals surface area (Å²) in [4.78, 5) is 17.6. The van der Waals surface area contributed by atoms with E-state index < -0.39 is 0 Å². The van der Waals surface area contributed by atoms with E-state index in [0.717, 1.165) is 10.2 Å². The molecule has 2 aromatic carbocycles. The Bertz CT molecular complexity index is 1090. The van der Waals surface area contributed by atoms with Crippen LogP contribution in [-0.4, -0.2) is 30.7 Å². The zero-order valence-electron chi connectivity index (χ0n) is 12.7. The lowest BCUT2D eigenvalue weighted by atomic mass is 10.1. The Kier molecular flexibility index (Phi) is 3.51. The third-order valence-electron chi connectivity index (χ3n) is 3.64. The van der Waals surface area contributed by atoms with Crippen LogP contribution >= 0.6 is 11.3 Å². The van der Waals surface area contributed by atoms with Crippen LogP contribution in [0.25, 0.3) is 15.9 Å². The first kappa shape index (κ1) is 14.5. The highest BCUT2D eigenvalue weighted by atomic mass is 32.1. The van der Waals surface area contributed by atoms with E-state index >= 15 is 0 Å². The molecule has 0 saturated carbocycles. The molecule has 0 aliphatic heterocycles.